The van der Waals surface area contributed by atoms with Crippen molar-refractivity contribution in [3.05, 3.63) is 153 Å². The molecule has 3 atom stereocenters. The lowest BCUT2D eigenvalue weighted by Gasteiger charge is -2.43. The molecule has 1 N–H and O–H groups in total. The van der Waals surface area contributed by atoms with E-state index in [1.165, 1.54) is 24.6 Å². The van der Waals surface area contributed by atoms with E-state index in [4.69, 9.17) is 46.9 Å². The van der Waals surface area contributed by atoms with Crippen molar-refractivity contribution in [2.24, 2.45) is 11.8 Å². The van der Waals surface area contributed by atoms with Crippen molar-refractivity contribution in [2.45, 2.75) is 49.0 Å². The van der Waals surface area contributed by atoms with Gasteiger partial charge in [-0.25, -0.2) is 13.2 Å². The Hall–Kier alpha value is -5.58. The molecule has 0 radical (unpaired) electrons. The maximum Gasteiger partial charge on any atom is 0.408 e. The number of carbonyl (C=O) groups excluding carboxylic acids is 2. The molecule has 0 aliphatic carbocycles. The number of carbonyl (C=O) groups is 2. The largest absolute Gasteiger partial charge is 0.619 e. The molecule has 5 aromatic rings. The first-order chi connectivity index (χ1) is 30.9. The topological polar surface area (TPSA) is 160 Å². The Balaban J connectivity index is 0.908. The van der Waals surface area contributed by atoms with Crippen LogP contribution in [0.25, 0.3) is 0 Å². The van der Waals surface area contributed by atoms with E-state index in [1.807, 2.05) is 48.5 Å². The lowest BCUT2D eigenvalue weighted by Crippen LogP contribution is -2.53. The summed E-state index contributed by atoms with van der Waals surface area (Å²) in [5.74, 6) is 0.394. The number of fused-ring (bicyclic) bond motifs is 3. The van der Waals surface area contributed by atoms with Crippen molar-refractivity contribution >= 4 is 45.3 Å². The van der Waals surface area contributed by atoms with Gasteiger partial charge in [0.25, 0.3) is 0 Å². The number of rotatable bonds is 16. The summed E-state index contributed by atoms with van der Waals surface area (Å²) < 4.78 is 58.4. The molecule has 1 amide bonds. The number of halogens is 2. The Bertz CT molecular complexity index is 2570. The average molecular weight is 932 g/mol. The minimum absolute atomic E-state index is 0.0204. The SMILES string of the molecule is COc1ccc([C@H](Cc2c(Cl)c[n+]([O-])cc2Cl)OC(=O)C2CN(S(=O)(=O)c3cccc(COc4cccc([C@@H](NC(=O)O[C@H]5CN6CCC5CC6)c5ccccc5)c4)c3)C2)cc1OC. The third-order valence-corrected chi connectivity index (χ3v) is 14.5. The van der Waals surface area contributed by atoms with E-state index < -0.39 is 40.1 Å². The highest BCUT2D eigenvalue weighted by atomic mass is 35.5. The van der Waals surface area contributed by atoms with Crippen molar-refractivity contribution < 1.29 is 46.4 Å². The summed E-state index contributed by atoms with van der Waals surface area (Å²) in [6, 6.07) is 28.1. The zero-order valence-electron chi connectivity index (χ0n) is 35.2. The highest BCUT2D eigenvalue weighted by molar-refractivity contribution is 7.89. The number of nitrogens with one attached hydrogen (secondary N) is 1. The average Bonchev–Trinajstić information content (AvgIpc) is 3.28. The van der Waals surface area contributed by atoms with Crippen LogP contribution >= 0.6 is 23.2 Å². The summed E-state index contributed by atoms with van der Waals surface area (Å²) in [4.78, 5) is 29.3. The number of methoxy groups -OCH3 is 2. The number of piperidine rings is 3. The number of esters is 1. The molecule has 4 aliphatic rings. The van der Waals surface area contributed by atoms with E-state index in [-0.39, 0.29) is 47.2 Å². The zero-order valence-corrected chi connectivity index (χ0v) is 37.6. The van der Waals surface area contributed by atoms with Crippen LogP contribution in [0.2, 0.25) is 10.0 Å². The first-order valence-corrected chi connectivity index (χ1v) is 23.1. The van der Waals surface area contributed by atoms with Crippen molar-refractivity contribution in [2.75, 3.05) is 46.9 Å². The monoisotopic (exact) mass is 930 g/mol. The molecule has 0 unspecified atom stereocenters. The molecule has 4 fully saturated rings. The van der Waals surface area contributed by atoms with Gasteiger partial charge in [-0.1, -0.05) is 83.9 Å². The van der Waals surface area contributed by atoms with Crippen molar-refractivity contribution in [3.8, 4) is 17.2 Å². The van der Waals surface area contributed by atoms with Crippen LogP contribution in [0, 0.1) is 17.0 Å². The van der Waals surface area contributed by atoms with Gasteiger partial charge in [0.1, 0.15) is 34.6 Å². The number of hydrogen-bond acceptors (Lipinski definition) is 11. The van der Waals surface area contributed by atoms with E-state index in [0.29, 0.717) is 44.6 Å². The standard InChI is InChI=1S/C47H48Cl2N4O10S/c1-59-41-15-14-33(22-43(41)60-2)42(23-38-39(48)26-52(56)27-40(38)49)62-46(54)35-24-53(25-35)64(57,58)37-13-6-8-30(20-37)29-61-36-12-7-11-34(21-36)45(32-9-4-3-5-10-32)50-47(55)63-44-28-51-18-16-31(44)17-19-51/h3-15,20-22,26-27,31,35,42,44-45H,16-19,23-25,28-29H2,1-2H3,(H,50,55)/t42-,44-,45-/m0/s1. The normalized spacial score (nSPS) is 19.5. The van der Waals surface area contributed by atoms with E-state index in [0.717, 1.165) is 56.0 Å². The molecule has 4 aromatic carbocycles. The van der Waals surface area contributed by atoms with Crippen LogP contribution < -0.4 is 24.3 Å². The number of amides is 1. The molecule has 336 valence electrons. The van der Waals surface area contributed by atoms with Crippen molar-refractivity contribution in [1.82, 2.24) is 14.5 Å². The van der Waals surface area contributed by atoms with Crippen molar-refractivity contribution in [3.63, 3.8) is 0 Å². The number of sulfonamides is 1. The van der Waals surface area contributed by atoms with E-state index >= 15 is 0 Å². The fourth-order valence-electron chi connectivity index (χ4n) is 8.45. The van der Waals surface area contributed by atoms with Gasteiger partial charge in [-0.2, -0.15) is 9.04 Å². The Labute approximate surface area is 382 Å². The maximum atomic E-state index is 13.8. The summed E-state index contributed by atoms with van der Waals surface area (Å²) in [6.07, 6.45) is 2.86. The summed E-state index contributed by atoms with van der Waals surface area (Å²) >= 11 is 12.8. The fourth-order valence-corrected chi connectivity index (χ4v) is 10.6. The van der Waals surface area contributed by atoms with E-state index in [1.54, 1.807) is 42.5 Å². The van der Waals surface area contributed by atoms with E-state index in [2.05, 4.69) is 10.2 Å². The van der Waals surface area contributed by atoms with Gasteiger partial charge in [0.05, 0.1) is 31.1 Å². The Kier molecular flexibility index (Phi) is 13.8. The highest BCUT2D eigenvalue weighted by Crippen LogP contribution is 2.37. The number of hydrogen-bond donors (Lipinski definition) is 1. The molecule has 5 heterocycles. The molecular weight excluding hydrogens is 884 g/mol. The van der Waals surface area contributed by atoms with Crippen molar-refractivity contribution in [1.29, 1.82) is 0 Å². The van der Waals surface area contributed by atoms with Gasteiger partial charge in [0.15, 0.2) is 23.9 Å². The summed E-state index contributed by atoms with van der Waals surface area (Å²) in [6.45, 7) is 2.72. The lowest BCUT2D eigenvalue weighted by molar-refractivity contribution is -0.605. The molecule has 14 nitrogen and oxygen atoms in total. The molecule has 4 saturated heterocycles. The van der Waals surface area contributed by atoms with Crippen LogP contribution in [0.4, 0.5) is 4.79 Å². The molecule has 4 aliphatic heterocycles. The van der Waals surface area contributed by atoms with Crippen LogP contribution in [0.5, 0.6) is 17.2 Å². The Morgan fingerprint density at radius 2 is 1.53 bits per heavy atom. The Morgan fingerprint density at radius 1 is 0.828 bits per heavy atom. The molecular formula is C47H48Cl2N4O10S. The van der Waals surface area contributed by atoms with Gasteiger partial charge in [-0.15, -0.1) is 0 Å². The smallest absolute Gasteiger partial charge is 0.408 e. The minimum Gasteiger partial charge on any atom is -0.619 e. The van der Waals surface area contributed by atoms with Crippen LogP contribution in [-0.4, -0.2) is 82.7 Å². The maximum absolute atomic E-state index is 13.8. The lowest BCUT2D eigenvalue weighted by atomic mass is 9.86. The molecule has 0 spiro atoms. The number of aromatic nitrogens is 1. The number of alkyl carbamates (subject to hydrolysis) is 1. The molecule has 0 saturated carbocycles. The summed E-state index contributed by atoms with van der Waals surface area (Å²) in [5, 5.41) is 15.2. The number of nitrogens with zero attached hydrogens (tertiary/aromatic N) is 3. The van der Waals surface area contributed by atoms with Crippen LogP contribution in [0.3, 0.4) is 0 Å². The fraction of sp³-hybridized carbons (Fsp3) is 0.340. The minimum atomic E-state index is -3.99. The quantitative estimate of drug-likeness (QED) is 0.0602. The zero-order chi connectivity index (χ0) is 45.0. The number of benzene rings is 4. The van der Waals surface area contributed by atoms with Crippen LogP contribution in [0.15, 0.2) is 114 Å². The molecule has 1 aromatic heterocycles. The van der Waals surface area contributed by atoms with Gasteiger partial charge >= 0.3 is 12.1 Å². The van der Waals surface area contributed by atoms with Gasteiger partial charge < -0.3 is 34.2 Å². The van der Waals surface area contributed by atoms with E-state index in [9.17, 15) is 23.2 Å². The van der Waals surface area contributed by atoms with Crippen LogP contribution in [-0.2, 0) is 37.3 Å². The number of pyridine rings is 1. The van der Waals surface area contributed by atoms with Gasteiger partial charge in [0.2, 0.25) is 10.0 Å². The predicted molar refractivity (Wildman–Crippen MR) is 238 cm³/mol. The Morgan fingerprint density at radius 3 is 2.22 bits per heavy atom. The first kappa shape index (κ1) is 45.0. The summed E-state index contributed by atoms with van der Waals surface area (Å²) in [5.41, 5.74) is 3.21. The third kappa shape index (κ3) is 10.2. The third-order valence-electron chi connectivity index (χ3n) is 12.0. The summed E-state index contributed by atoms with van der Waals surface area (Å²) in [7, 11) is -1.01. The first-order valence-electron chi connectivity index (χ1n) is 20.9. The van der Waals surface area contributed by atoms with Gasteiger partial charge in [-0.3, -0.25) is 9.69 Å². The van der Waals surface area contributed by atoms with Gasteiger partial charge in [-0.05, 0) is 90.5 Å². The number of ether oxygens (including phenoxy) is 5. The highest BCUT2D eigenvalue weighted by Gasteiger charge is 2.42. The second-order valence-corrected chi connectivity index (χ2v) is 18.9. The van der Waals surface area contributed by atoms with Crippen LogP contribution in [0.1, 0.15) is 52.8 Å². The predicted octanol–water partition coefficient (Wildman–Crippen LogP) is 7.28. The molecule has 9 rings (SSSR count). The molecule has 2 bridgehead atoms. The second kappa shape index (κ2) is 19.7. The van der Waals surface area contributed by atoms with Gasteiger partial charge in [0, 0.05) is 31.6 Å². The molecule has 17 heteroatoms. The second-order valence-electron chi connectivity index (χ2n) is 16.1. The molecule has 64 heavy (non-hydrogen) atoms.